The molecule has 1 aliphatic rings. The highest BCUT2D eigenvalue weighted by molar-refractivity contribution is 7.91. The van der Waals surface area contributed by atoms with E-state index in [-0.39, 0.29) is 10.1 Å². The van der Waals surface area contributed by atoms with Crippen LogP contribution in [0.3, 0.4) is 0 Å². The van der Waals surface area contributed by atoms with Crippen LogP contribution in [-0.4, -0.2) is 34.4 Å². The Morgan fingerprint density at radius 1 is 1.10 bits per heavy atom. The minimum absolute atomic E-state index is 0.0288. The van der Waals surface area contributed by atoms with E-state index in [2.05, 4.69) is 9.71 Å². The molecule has 0 amide bonds. The van der Waals surface area contributed by atoms with Gasteiger partial charge in [-0.05, 0) is 11.5 Å². The molecule has 2 aromatic carbocycles. The van der Waals surface area contributed by atoms with E-state index in [1.54, 1.807) is 17.5 Å². The summed E-state index contributed by atoms with van der Waals surface area (Å²) in [6.07, 6.45) is 3.24. The number of carbonyl (C=O) groups is 1. The summed E-state index contributed by atoms with van der Waals surface area (Å²) in [5.41, 5.74) is 0.907. The van der Waals surface area contributed by atoms with Crippen molar-refractivity contribution >= 4 is 32.3 Å². The number of hydrogen-bond acceptors (Lipinski definition) is 5. The lowest BCUT2D eigenvalue weighted by atomic mass is 10.1. The first-order chi connectivity index (χ1) is 14.8. The van der Waals surface area contributed by atoms with Crippen molar-refractivity contribution in [3.05, 3.63) is 78.6 Å². The Hall–Kier alpha value is -3.01. The minimum Gasteiger partial charge on any atom is -0.480 e. The third-order valence-corrected chi connectivity index (χ3v) is 8.83. The van der Waals surface area contributed by atoms with Gasteiger partial charge in [0.15, 0.2) is 9.17 Å². The fourth-order valence-corrected chi connectivity index (χ4v) is 6.91. The van der Waals surface area contributed by atoms with Crippen molar-refractivity contribution in [1.29, 1.82) is 0 Å². The Morgan fingerprint density at radius 2 is 1.74 bits per heavy atom. The van der Waals surface area contributed by atoms with Gasteiger partial charge in [0.2, 0.25) is 0 Å². The molecular weight excluding hydrogens is 434 g/mol. The van der Waals surface area contributed by atoms with Gasteiger partial charge in [-0.1, -0.05) is 78.9 Å². The summed E-state index contributed by atoms with van der Waals surface area (Å²) in [7, 11) is -4.06. The molecule has 4 aromatic rings. The summed E-state index contributed by atoms with van der Waals surface area (Å²) >= 11 is 1.01. The molecule has 1 aliphatic carbocycles. The number of carboxylic acids is 1. The van der Waals surface area contributed by atoms with Crippen LogP contribution in [0.1, 0.15) is 18.4 Å². The molecule has 2 heterocycles. The second kappa shape index (κ2) is 7.01. The highest BCUT2D eigenvalue weighted by atomic mass is 32.2. The maximum absolute atomic E-state index is 13.1. The SMILES string of the molecule is C[C@@H]1[C@H](c2ccccc2)[C@]1(NS(=O)(=O)c1cn2cc(-c3ccccc3)nc2s1)C(=O)O. The molecule has 2 N–H and O–H groups in total. The lowest BCUT2D eigenvalue weighted by Gasteiger charge is -2.15. The Bertz CT molecular complexity index is 1350. The maximum atomic E-state index is 13.1. The number of sulfonamides is 1. The van der Waals surface area contributed by atoms with E-state index in [0.29, 0.717) is 4.96 Å². The number of aromatic nitrogens is 2. The topological polar surface area (TPSA) is 101 Å². The van der Waals surface area contributed by atoms with Gasteiger partial charge < -0.3 is 5.11 Å². The highest BCUT2D eigenvalue weighted by Gasteiger charge is 2.70. The van der Waals surface area contributed by atoms with Crippen LogP contribution < -0.4 is 4.72 Å². The summed E-state index contributed by atoms with van der Waals surface area (Å²) in [6.45, 7) is 1.75. The standard InChI is InChI=1S/C22H19N3O4S2/c1-14-19(16-10-6-3-7-11-16)22(14,20(26)27)24-31(28,29)18-13-25-12-17(23-21(25)30-18)15-8-4-2-5-9-15/h2-14,19,24H,1H3,(H,26,27)/t14-,19-,22+/m1/s1. The summed E-state index contributed by atoms with van der Waals surface area (Å²) in [5, 5.41) is 9.94. The third-order valence-electron chi connectivity index (χ3n) is 5.88. The summed E-state index contributed by atoms with van der Waals surface area (Å²) < 4.78 is 30.4. The van der Waals surface area contributed by atoms with Crippen molar-refractivity contribution < 1.29 is 18.3 Å². The van der Waals surface area contributed by atoms with E-state index in [4.69, 9.17) is 0 Å². The quantitative estimate of drug-likeness (QED) is 0.465. The first-order valence-electron chi connectivity index (χ1n) is 9.69. The number of fused-ring (bicyclic) bond motifs is 1. The van der Waals surface area contributed by atoms with Crippen LogP contribution in [-0.2, 0) is 14.8 Å². The predicted molar refractivity (Wildman–Crippen MR) is 118 cm³/mol. The fourth-order valence-electron chi connectivity index (χ4n) is 4.22. The number of carboxylic acid groups (broad SMARTS) is 1. The van der Waals surface area contributed by atoms with Gasteiger partial charge in [-0.3, -0.25) is 9.20 Å². The van der Waals surface area contributed by atoms with Crippen LogP contribution in [0.5, 0.6) is 0 Å². The molecule has 158 valence electrons. The molecule has 3 atom stereocenters. The van der Waals surface area contributed by atoms with Gasteiger partial charge in [-0.15, -0.1) is 0 Å². The van der Waals surface area contributed by atoms with Gasteiger partial charge in [0, 0.05) is 23.9 Å². The van der Waals surface area contributed by atoms with Gasteiger partial charge in [0.1, 0.15) is 5.54 Å². The van der Waals surface area contributed by atoms with Crippen molar-refractivity contribution in [2.75, 3.05) is 0 Å². The molecule has 7 nitrogen and oxygen atoms in total. The van der Waals surface area contributed by atoms with Crippen LogP contribution >= 0.6 is 11.3 Å². The average Bonchev–Trinajstić information content (AvgIpc) is 3.06. The van der Waals surface area contributed by atoms with E-state index < -0.39 is 27.4 Å². The molecule has 1 saturated carbocycles. The van der Waals surface area contributed by atoms with E-state index in [9.17, 15) is 18.3 Å². The molecule has 2 aromatic heterocycles. The largest absolute Gasteiger partial charge is 0.480 e. The Morgan fingerprint density at radius 3 is 2.35 bits per heavy atom. The lowest BCUT2D eigenvalue weighted by Crippen LogP contribution is -2.45. The van der Waals surface area contributed by atoms with E-state index in [1.807, 2.05) is 60.7 Å². The van der Waals surface area contributed by atoms with Gasteiger partial charge in [0.05, 0.1) is 5.69 Å². The molecule has 9 heteroatoms. The first-order valence-corrected chi connectivity index (χ1v) is 12.0. The van der Waals surface area contributed by atoms with Crippen LogP contribution in [0.4, 0.5) is 0 Å². The predicted octanol–water partition coefficient (Wildman–Crippen LogP) is 3.60. The van der Waals surface area contributed by atoms with Gasteiger partial charge in [-0.2, -0.15) is 4.72 Å². The number of rotatable bonds is 6. The van der Waals surface area contributed by atoms with Gasteiger partial charge in [-0.25, -0.2) is 13.4 Å². The summed E-state index contributed by atoms with van der Waals surface area (Å²) in [6, 6.07) is 18.7. The van der Waals surface area contributed by atoms with Crippen molar-refractivity contribution in [2.24, 2.45) is 5.92 Å². The number of nitrogens with one attached hydrogen (secondary N) is 1. The summed E-state index contributed by atoms with van der Waals surface area (Å²) in [4.78, 5) is 17.2. The Kier molecular flexibility index (Phi) is 4.51. The number of imidazole rings is 1. The number of thiazole rings is 1. The molecule has 1 fully saturated rings. The molecule has 0 radical (unpaired) electrons. The zero-order valence-corrected chi connectivity index (χ0v) is 18.1. The van der Waals surface area contributed by atoms with Crippen LogP contribution in [0.15, 0.2) is 77.3 Å². The summed E-state index contributed by atoms with van der Waals surface area (Å²) in [5.74, 6) is -1.99. The minimum atomic E-state index is -4.06. The van der Waals surface area contributed by atoms with Crippen LogP contribution in [0, 0.1) is 5.92 Å². The zero-order valence-electron chi connectivity index (χ0n) is 16.5. The molecule has 0 saturated heterocycles. The number of hydrogen-bond donors (Lipinski definition) is 2. The normalized spacial score (nSPS) is 23.1. The highest BCUT2D eigenvalue weighted by Crippen LogP contribution is 2.58. The number of aliphatic carboxylic acids is 1. The van der Waals surface area contributed by atoms with Crippen LogP contribution in [0.2, 0.25) is 0 Å². The van der Waals surface area contributed by atoms with Gasteiger partial charge in [0.25, 0.3) is 10.0 Å². The first kappa shape index (κ1) is 19.9. The Labute approximate surface area is 183 Å². The molecule has 0 bridgehead atoms. The molecule has 5 rings (SSSR count). The Balaban J connectivity index is 1.47. The second-order valence-corrected chi connectivity index (χ2v) is 10.6. The molecule has 0 aliphatic heterocycles. The fraction of sp³-hybridized carbons (Fsp3) is 0.182. The lowest BCUT2D eigenvalue weighted by molar-refractivity contribution is -0.140. The van der Waals surface area contributed by atoms with Crippen LogP contribution in [0.25, 0.3) is 16.2 Å². The smallest absolute Gasteiger partial charge is 0.325 e. The number of benzene rings is 2. The average molecular weight is 454 g/mol. The monoisotopic (exact) mass is 453 g/mol. The van der Waals surface area contributed by atoms with E-state index in [1.165, 1.54) is 6.20 Å². The van der Waals surface area contributed by atoms with Crippen molar-refractivity contribution in [3.63, 3.8) is 0 Å². The second-order valence-electron chi connectivity index (χ2n) is 7.69. The van der Waals surface area contributed by atoms with E-state index >= 15 is 0 Å². The maximum Gasteiger partial charge on any atom is 0.325 e. The molecular formula is C22H19N3O4S2. The molecule has 0 unspecified atom stereocenters. The van der Waals surface area contributed by atoms with Crippen molar-refractivity contribution in [1.82, 2.24) is 14.1 Å². The molecule has 0 spiro atoms. The molecule has 31 heavy (non-hydrogen) atoms. The number of nitrogens with zero attached hydrogens (tertiary/aromatic N) is 2. The van der Waals surface area contributed by atoms with E-state index in [0.717, 1.165) is 28.2 Å². The zero-order chi connectivity index (χ0) is 21.8. The third kappa shape index (κ3) is 3.16. The van der Waals surface area contributed by atoms with Crippen molar-refractivity contribution in [3.8, 4) is 11.3 Å². The van der Waals surface area contributed by atoms with Crippen molar-refractivity contribution in [2.45, 2.75) is 22.6 Å². The van der Waals surface area contributed by atoms with Gasteiger partial charge >= 0.3 is 5.97 Å².